The van der Waals surface area contributed by atoms with Gasteiger partial charge in [-0.05, 0) is 56.7 Å². The topological polar surface area (TPSA) is 83.6 Å². The lowest BCUT2D eigenvalue weighted by molar-refractivity contribution is -0.145. The predicted octanol–water partition coefficient (Wildman–Crippen LogP) is 2.96. The van der Waals surface area contributed by atoms with Crippen LogP contribution in [-0.2, 0) is 9.53 Å². The Morgan fingerprint density at radius 3 is 2.77 bits per heavy atom. The minimum absolute atomic E-state index is 0.0516. The lowest BCUT2D eigenvalue weighted by Crippen LogP contribution is -2.52. The average Bonchev–Trinajstić information content (AvgIpc) is 3.43. The number of ether oxygens (including phenoxy) is 1. The zero-order valence-corrected chi connectivity index (χ0v) is 19.5. The lowest BCUT2D eigenvalue weighted by atomic mass is 9.76. The van der Waals surface area contributed by atoms with Crippen LogP contribution in [0.15, 0.2) is 30.3 Å². The van der Waals surface area contributed by atoms with Crippen LogP contribution >= 0.6 is 0 Å². The first-order valence-electron chi connectivity index (χ1n) is 12.0. The standard InChI is InChI=1S/C25H29F3N4O3/c1-15-2-4-19-16(8-15)3-5-20(29-19)23(34)31-24-9-17(10-24)21(11-24)30-22(33)13-35-18-6-7-32(12-18)14-25(26,27)28/h2-5,8,17-18,21H,6-7,9-14H2,1H3,(H,30,33)(H,31,34). The molecule has 3 saturated carbocycles. The number of carbonyl (C=O) groups is 2. The molecular weight excluding hydrogens is 461 g/mol. The number of pyridine rings is 1. The van der Waals surface area contributed by atoms with Gasteiger partial charge in [0, 0.05) is 30.1 Å². The van der Waals surface area contributed by atoms with Crippen LogP contribution in [0.1, 0.15) is 41.7 Å². The third kappa shape index (κ3) is 5.43. The van der Waals surface area contributed by atoms with Gasteiger partial charge < -0.3 is 15.4 Å². The fourth-order valence-corrected chi connectivity index (χ4v) is 5.75. The van der Waals surface area contributed by atoms with Crippen molar-refractivity contribution >= 4 is 22.7 Å². The molecule has 2 unspecified atom stereocenters. The number of likely N-dealkylation sites (tertiary alicyclic amines) is 1. The fourth-order valence-electron chi connectivity index (χ4n) is 5.75. The Labute approximate surface area is 201 Å². The Morgan fingerprint density at radius 1 is 1.20 bits per heavy atom. The summed E-state index contributed by atoms with van der Waals surface area (Å²) in [5, 5.41) is 7.11. The van der Waals surface area contributed by atoms with Gasteiger partial charge in [0.05, 0.1) is 18.2 Å². The van der Waals surface area contributed by atoms with Gasteiger partial charge >= 0.3 is 6.18 Å². The number of rotatable bonds is 7. The highest BCUT2D eigenvalue weighted by atomic mass is 19.4. The molecule has 35 heavy (non-hydrogen) atoms. The van der Waals surface area contributed by atoms with Crippen LogP contribution in [0, 0.1) is 12.8 Å². The maximum Gasteiger partial charge on any atom is 0.401 e. The van der Waals surface area contributed by atoms with Crippen molar-refractivity contribution < 1.29 is 27.5 Å². The fraction of sp³-hybridized carbons (Fsp3) is 0.560. The van der Waals surface area contributed by atoms with E-state index in [1.54, 1.807) is 6.07 Å². The number of amides is 2. The van der Waals surface area contributed by atoms with Crippen molar-refractivity contribution in [3.8, 4) is 0 Å². The van der Waals surface area contributed by atoms with E-state index in [1.165, 1.54) is 4.90 Å². The van der Waals surface area contributed by atoms with Crippen LogP contribution in [0.3, 0.4) is 0 Å². The summed E-state index contributed by atoms with van der Waals surface area (Å²) in [4.78, 5) is 31.1. The second-order valence-corrected chi connectivity index (χ2v) is 10.2. The average molecular weight is 491 g/mol. The SMILES string of the molecule is Cc1ccc2nc(C(=O)NC34CC(C3)C(NC(=O)COC3CCN(CC(F)(F)F)C3)C4)ccc2c1. The summed E-state index contributed by atoms with van der Waals surface area (Å²) in [6.07, 6.45) is -1.88. The summed E-state index contributed by atoms with van der Waals surface area (Å²) in [5.41, 5.74) is 1.93. The van der Waals surface area contributed by atoms with E-state index in [1.807, 2.05) is 31.2 Å². The molecule has 1 saturated heterocycles. The molecule has 7 nitrogen and oxygen atoms in total. The monoisotopic (exact) mass is 490 g/mol. The second-order valence-electron chi connectivity index (χ2n) is 10.2. The molecule has 4 aliphatic rings. The summed E-state index contributed by atoms with van der Waals surface area (Å²) in [6, 6.07) is 9.47. The molecule has 3 aliphatic carbocycles. The van der Waals surface area contributed by atoms with E-state index in [-0.39, 0.29) is 42.7 Å². The molecule has 2 aromatic rings. The summed E-state index contributed by atoms with van der Waals surface area (Å²) in [6.45, 7) is 1.37. The maximum absolute atomic E-state index is 12.9. The number of alkyl halides is 3. The number of hydrogen-bond donors (Lipinski definition) is 2. The van der Waals surface area contributed by atoms with Crippen LogP contribution < -0.4 is 10.6 Å². The molecule has 2 atom stereocenters. The van der Waals surface area contributed by atoms with Crippen molar-refractivity contribution in [3.63, 3.8) is 0 Å². The Bertz CT molecular complexity index is 1130. The van der Waals surface area contributed by atoms with Gasteiger partial charge in [-0.3, -0.25) is 14.5 Å². The summed E-state index contributed by atoms with van der Waals surface area (Å²) in [7, 11) is 0. The van der Waals surface area contributed by atoms with Crippen LogP contribution in [0.5, 0.6) is 0 Å². The molecule has 0 spiro atoms. The van der Waals surface area contributed by atoms with Gasteiger partial charge in [0.2, 0.25) is 5.91 Å². The number of aryl methyl sites for hydroxylation is 1. The van der Waals surface area contributed by atoms with Gasteiger partial charge in [0.25, 0.3) is 5.91 Å². The van der Waals surface area contributed by atoms with Crippen LogP contribution in [0.2, 0.25) is 0 Å². The molecule has 1 aliphatic heterocycles. The first-order chi connectivity index (χ1) is 16.6. The van der Waals surface area contributed by atoms with Gasteiger partial charge in [0.1, 0.15) is 12.3 Å². The van der Waals surface area contributed by atoms with Gasteiger partial charge in [-0.2, -0.15) is 13.2 Å². The number of aromatic nitrogens is 1. The summed E-state index contributed by atoms with van der Waals surface area (Å²) < 4.78 is 43.1. The number of benzene rings is 1. The number of halogens is 3. The van der Waals surface area contributed by atoms with E-state index in [0.29, 0.717) is 31.0 Å². The number of hydrogen-bond acceptors (Lipinski definition) is 5. The van der Waals surface area contributed by atoms with Crippen LogP contribution in [-0.4, -0.2) is 71.8 Å². The molecule has 2 bridgehead atoms. The molecule has 0 radical (unpaired) electrons. The zero-order chi connectivity index (χ0) is 24.8. The van der Waals surface area contributed by atoms with E-state index in [9.17, 15) is 22.8 Å². The molecule has 2 heterocycles. The van der Waals surface area contributed by atoms with Gasteiger partial charge in [-0.1, -0.05) is 17.7 Å². The molecular formula is C25H29F3N4O3. The van der Waals surface area contributed by atoms with E-state index < -0.39 is 12.7 Å². The molecule has 1 aromatic carbocycles. The first-order valence-corrected chi connectivity index (χ1v) is 12.0. The van der Waals surface area contributed by atoms with Gasteiger partial charge in [0.15, 0.2) is 0 Å². The largest absolute Gasteiger partial charge is 0.401 e. The summed E-state index contributed by atoms with van der Waals surface area (Å²) in [5.74, 6) is -0.198. The minimum atomic E-state index is -4.23. The van der Waals surface area contributed by atoms with E-state index in [4.69, 9.17) is 4.74 Å². The summed E-state index contributed by atoms with van der Waals surface area (Å²) >= 11 is 0. The molecule has 188 valence electrons. The molecule has 1 aromatic heterocycles. The molecule has 2 N–H and O–H groups in total. The highest BCUT2D eigenvalue weighted by Gasteiger charge is 2.57. The number of nitrogens with zero attached hydrogens (tertiary/aromatic N) is 2. The Hall–Kier alpha value is -2.72. The van der Waals surface area contributed by atoms with Crippen LogP contribution in [0.25, 0.3) is 10.9 Å². The molecule has 10 heteroatoms. The third-order valence-electron chi connectivity index (χ3n) is 7.37. The van der Waals surface area contributed by atoms with Crippen molar-refractivity contribution in [2.75, 3.05) is 26.2 Å². The molecule has 2 amide bonds. The second kappa shape index (κ2) is 9.05. The van der Waals surface area contributed by atoms with E-state index >= 15 is 0 Å². The number of nitrogens with one attached hydrogen (secondary N) is 2. The highest BCUT2D eigenvalue weighted by Crippen LogP contribution is 2.52. The molecule has 4 fully saturated rings. The van der Waals surface area contributed by atoms with Gasteiger partial charge in [-0.25, -0.2) is 4.98 Å². The number of fused-ring (bicyclic) bond motifs is 2. The Kier molecular flexibility index (Phi) is 6.21. The van der Waals surface area contributed by atoms with Crippen molar-refractivity contribution in [2.24, 2.45) is 5.92 Å². The third-order valence-corrected chi connectivity index (χ3v) is 7.37. The highest BCUT2D eigenvalue weighted by molar-refractivity contribution is 5.95. The predicted molar refractivity (Wildman–Crippen MR) is 123 cm³/mol. The van der Waals surface area contributed by atoms with E-state index in [2.05, 4.69) is 15.6 Å². The minimum Gasteiger partial charge on any atom is -0.367 e. The van der Waals surface area contributed by atoms with Crippen molar-refractivity contribution in [2.45, 2.75) is 56.5 Å². The molecule has 6 rings (SSSR count). The van der Waals surface area contributed by atoms with Gasteiger partial charge in [-0.15, -0.1) is 0 Å². The quantitative estimate of drug-likeness (QED) is 0.624. The lowest BCUT2D eigenvalue weighted by Gasteiger charge is -2.39. The maximum atomic E-state index is 12.9. The zero-order valence-electron chi connectivity index (χ0n) is 19.5. The van der Waals surface area contributed by atoms with Crippen molar-refractivity contribution in [1.82, 2.24) is 20.5 Å². The number of carbonyl (C=O) groups excluding carboxylic acids is 2. The van der Waals surface area contributed by atoms with Crippen molar-refractivity contribution in [3.05, 3.63) is 41.6 Å². The van der Waals surface area contributed by atoms with Crippen LogP contribution in [0.4, 0.5) is 13.2 Å². The smallest absolute Gasteiger partial charge is 0.367 e. The van der Waals surface area contributed by atoms with Crippen molar-refractivity contribution in [1.29, 1.82) is 0 Å². The first kappa shape index (κ1) is 24.0. The normalized spacial score (nSPS) is 28.2. The Balaban J connectivity index is 1.08. The van der Waals surface area contributed by atoms with E-state index in [0.717, 1.165) is 29.3 Å². The Morgan fingerprint density at radius 2 is 2.00 bits per heavy atom.